The van der Waals surface area contributed by atoms with Crippen molar-refractivity contribution in [2.24, 2.45) is 0 Å². The fraction of sp³-hybridized carbons (Fsp3) is 0.857. The number of ketones is 1. The van der Waals surface area contributed by atoms with Crippen molar-refractivity contribution in [3.05, 3.63) is 0 Å². The quantitative estimate of drug-likeness (QED) is 0.551. The Morgan fingerprint density at radius 2 is 1.80 bits per heavy atom. The molecule has 0 aromatic carbocycles. The van der Waals surface area contributed by atoms with Crippen LogP contribution in [0.25, 0.3) is 0 Å². The molecule has 0 amide bonds. The predicted octanol–water partition coefficient (Wildman–Crippen LogP) is 0.847. The van der Waals surface area contributed by atoms with Crippen molar-refractivity contribution in [2.45, 2.75) is 26.4 Å². The number of nitrogens with zero attached hydrogens (tertiary/aromatic N) is 1. The van der Waals surface area contributed by atoms with Gasteiger partial charge in [0.15, 0.2) is 5.78 Å². The summed E-state index contributed by atoms with van der Waals surface area (Å²) in [7, 11) is 3.51. The van der Waals surface area contributed by atoms with E-state index in [1.54, 1.807) is 27.9 Å². The maximum atomic E-state index is 10.8. The molecule has 0 saturated heterocycles. The maximum Gasteiger partial charge on any atom is 0.163 e. The van der Waals surface area contributed by atoms with E-state index < -0.39 is 5.60 Å². The van der Waals surface area contributed by atoms with Crippen LogP contribution in [0.5, 0.6) is 0 Å². The standard InChI is InChI=1S/C7H15NO2/c1-6(9)7(2,3)10-8(4)5/h1-5H3. The van der Waals surface area contributed by atoms with Crippen LogP contribution in [0.15, 0.2) is 0 Å². The van der Waals surface area contributed by atoms with Gasteiger partial charge in [0.2, 0.25) is 0 Å². The minimum atomic E-state index is -0.691. The molecule has 0 N–H and O–H groups in total. The van der Waals surface area contributed by atoms with Gasteiger partial charge in [-0.05, 0) is 20.8 Å². The summed E-state index contributed by atoms with van der Waals surface area (Å²) in [6.07, 6.45) is 0. The maximum absolute atomic E-state index is 10.8. The van der Waals surface area contributed by atoms with Crippen LogP contribution >= 0.6 is 0 Å². The van der Waals surface area contributed by atoms with Crippen molar-refractivity contribution >= 4 is 5.78 Å². The molecule has 0 aromatic rings. The van der Waals surface area contributed by atoms with E-state index in [1.165, 1.54) is 12.0 Å². The van der Waals surface area contributed by atoms with Gasteiger partial charge < -0.3 is 0 Å². The van der Waals surface area contributed by atoms with E-state index in [0.29, 0.717) is 0 Å². The molecule has 0 rings (SSSR count). The Labute approximate surface area is 61.9 Å². The highest BCUT2D eigenvalue weighted by Crippen LogP contribution is 2.10. The van der Waals surface area contributed by atoms with Gasteiger partial charge >= 0.3 is 0 Å². The van der Waals surface area contributed by atoms with E-state index in [4.69, 9.17) is 4.84 Å². The predicted molar refractivity (Wildman–Crippen MR) is 39.5 cm³/mol. The van der Waals surface area contributed by atoms with Gasteiger partial charge in [0.05, 0.1) is 0 Å². The molecule has 0 fully saturated rings. The summed E-state index contributed by atoms with van der Waals surface area (Å²) in [5, 5.41) is 1.53. The second-order valence-corrected chi connectivity index (χ2v) is 2.97. The summed E-state index contributed by atoms with van der Waals surface area (Å²) < 4.78 is 0. The van der Waals surface area contributed by atoms with Crippen LogP contribution in [0, 0.1) is 0 Å². The fourth-order valence-electron chi connectivity index (χ4n) is 0.521. The van der Waals surface area contributed by atoms with E-state index in [9.17, 15) is 4.79 Å². The average molecular weight is 145 g/mol. The summed E-state index contributed by atoms with van der Waals surface area (Å²) in [5.74, 6) is 0.0289. The summed E-state index contributed by atoms with van der Waals surface area (Å²) in [6.45, 7) is 5.01. The van der Waals surface area contributed by atoms with Crippen molar-refractivity contribution in [2.75, 3.05) is 14.1 Å². The Bertz CT molecular complexity index is 130. The van der Waals surface area contributed by atoms with Gasteiger partial charge in [-0.25, -0.2) is 0 Å². The molecule has 3 nitrogen and oxygen atoms in total. The van der Waals surface area contributed by atoms with Gasteiger partial charge in [-0.2, -0.15) is 5.06 Å². The Hall–Kier alpha value is -0.410. The molecule has 0 aliphatic rings. The van der Waals surface area contributed by atoms with E-state index in [-0.39, 0.29) is 5.78 Å². The van der Waals surface area contributed by atoms with E-state index in [1.807, 2.05) is 0 Å². The van der Waals surface area contributed by atoms with Gasteiger partial charge in [0.1, 0.15) is 5.60 Å². The Kier molecular flexibility index (Phi) is 2.99. The van der Waals surface area contributed by atoms with Crippen LogP contribution in [0.1, 0.15) is 20.8 Å². The largest absolute Gasteiger partial charge is 0.297 e. The van der Waals surface area contributed by atoms with Gasteiger partial charge in [-0.15, -0.1) is 0 Å². The lowest BCUT2D eigenvalue weighted by Gasteiger charge is -2.25. The monoisotopic (exact) mass is 145 g/mol. The molecule has 10 heavy (non-hydrogen) atoms. The topological polar surface area (TPSA) is 29.5 Å². The summed E-state index contributed by atoms with van der Waals surface area (Å²) in [5.41, 5.74) is -0.691. The fourth-order valence-corrected chi connectivity index (χ4v) is 0.521. The Morgan fingerprint density at radius 1 is 1.40 bits per heavy atom. The highest BCUT2D eigenvalue weighted by molar-refractivity contribution is 5.83. The number of hydroxylamine groups is 2. The number of Topliss-reactive ketones (excluding diaryl/α,β-unsaturated/α-hetero) is 1. The highest BCUT2D eigenvalue weighted by Gasteiger charge is 2.25. The molecule has 3 heteroatoms. The van der Waals surface area contributed by atoms with Crippen LogP contribution in [0.4, 0.5) is 0 Å². The van der Waals surface area contributed by atoms with Gasteiger partial charge in [0, 0.05) is 14.1 Å². The van der Waals surface area contributed by atoms with Crippen LogP contribution in [-0.2, 0) is 9.63 Å². The third-order valence-electron chi connectivity index (χ3n) is 1.26. The molecule has 0 atom stereocenters. The van der Waals surface area contributed by atoms with Crippen molar-refractivity contribution in [3.63, 3.8) is 0 Å². The second-order valence-electron chi connectivity index (χ2n) is 2.97. The first-order chi connectivity index (χ1) is 4.36. The Balaban J connectivity index is 4.00. The first kappa shape index (κ1) is 9.59. The molecule has 0 unspecified atom stereocenters. The van der Waals surface area contributed by atoms with Crippen LogP contribution in [0.2, 0.25) is 0 Å². The Morgan fingerprint density at radius 3 is 1.90 bits per heavy atom. The van der Waals surface area contributed by atoms with Crippen molar-refractivity contribution < 1.29 is 9.63 Å². The molecule has 0 aromatic heterocycles. The first-order valence-corrected chi connectivity index (χ1v) is 3.24. The van der Waals surface area contributed by atoms with E-state index in [0.717, 1.165) is 0 Å². The van der Waals surface area contributed by atoms with E-state index >= 15 is 0 Å². The molecular weight excluding hydrogens is 130 g/mol. The van der Waals surface area contributed by atoms with E-state index in [2.05, 4.69) is 0 Å². The number of hydrogen-bond acceptors (Lipinski definition) is 3. The average Bonchev–Trinajstić information content (AvgIpc) is 1.60. The molecule has 0 spiro atoms. The van der Waals surface area contributed by atoms with Gasteiger partial charge in [-0.1, -0.05) is 0 Å². The van der Waals surface area contributed by atoms with Gasteiger partial charge in [0.25, 0.3) is 0 Å². The van der Waals surface area contributed by atoms with Crippen LogP contribution < -0.4 is 0 Å². The number of carbonyl (C=O) groups excluding carboxylic acids is 1. The molecule has 0 aliphatic heterocycles. The molecule has 0 radical (unpaired) electrons. The second kappa shape index (κ2) is 3.12. The zero-order valence-corrected chi connectivity index (χ0v) is 7.26. The third-order valence-corrected chi connectivity index (χ3v) is 1.26. The lowest BCUT2D eigenvalue weighted by molar-refractivity contribution is -0.205. The zero-order valence-electron chi connectivity index (χ0n) is 7.26. The zero-order chi connectivity index (χ0) is 8.36. The summed E-state index contributed by atoms with van der Waals surface area (Å²) in [4.78, 5) is 16.0. The number of rotatable bonds is 3. The smallest absolute Gasteiger partial charge is 0.163 e. The highest BCUT2D eigenvalue weighted by atomic mass is 16.7. The molecule has 60 valence electrons. The summed E-state index contributed by atoms with van der Waals surface area (Å²) in [6, 6.07) is 0. The minimum absolute atomic E-state index is 0.0289. The molecule has 0 aliphatic carbocycles. The van der Waals surface area contributed by atoms with Crippen molar-refractivity contribution in [1.29, 1.82) is 0 Å². The third kappa shape index (κ3) is 2.94. The normalized spacial score (nSPS) is 12.2. The summed E-state index contributed by atoms with van der Waals surface area (Å²) >= 11 is 0. The van der Waals surface area contributed by atoms with Crippen molar-refractivity contribution in [3.8, 4) is 0 Å². The molecular formula is C7H15NO2. The SMILES string of the molecule is CC(=O)C(C)(C)ON(C)C. The molecule has 0 saturated carbocycles. The molecule has 0 heterocycles. The van der Waals surface area contributed by atoms with Crippen LogP contribution in [-0.4, -0.2) is 30.5 Å². The lowest BCUT2D eigenvalue weighted by Crippen LogP contribution is -2.37. The van der Waals surface area contributed by atoms with Crippen LogP contribution in [0.3, 0.4) is 0 Å². The minimum Gasteiger partial charge on any atom is -0.297 e. The lowest BCUT2D eigenvalue weighted by atomic mass is 10.1. The number of hydrogen-bond donors (Lipinski definition) is 0. The van der Waals surface area contributed by atoms with Gasteiger partial charge in [-0.3, -0.25) is 9.63 Å². The van der Waals surface area contributed by atoms with Crippen molar-refractivity contribution in [1.82, 2.24) is 5.06 Å². The number of carbonyl (C=O) groups is 1. The first-order valence-electron chi connectivity index (χ1n) is 3.24. The molecule has 0 bridgehead atoms.